The van der Waals surface area contributed by atoms with Crippen LogP contribution in [-0.4, -0.2) is 51.5 Å². The second kappa shape index (κ2) is 20.8. The summed E-state index contributed by atoms with van der Waals surface area (Å²) in [6.07, 6.45) is 19.7. The summed E-state index contributed by atoms with van der Waals surface area (Å²) in [6.45, 7) is 18.5. The number of carbonyl (C=O) groups is 3. The fraction of sp³-hybridized carbons (Fsp3) is 0.413. The van der Waals surface area contributed by atoms with Crippen LogP contribution in [0.3, 0.4) is 0 Å². The molecule has 0 fully saturated rings. The minimum absolute atomic E-state index is 0.00953. The molecule has 0 radical (unpaired) electrons. The standard InChI is InChI=1S/C46H62N2O6Si/c1-11-12-23-36(54-55(46(7,8)9,37-25-15-13-16-26-37)38-27-17-14-18-28-38)24-21-32-47-43(50)42(45(4,5)6)48-41(49)29-20-19-22-34(2)33-35(3)39-30-31-40(52-10)44(51)53-39/h11-22,25-29,31-33,35-36,39,42H,23-24,30H2,1-10H3,(H,47,50)(H,48,49)/b12-11-,22-19-,29-20-,32-21-,34-33+/t35-,36-,39-,42+/m0/s1. The molecule has 0 aromatic heterocycles. The Morgan fingerprint density at radius 1 is 0.927 bits per heavy atom. The van der Waals surface area contributed by atoms with Crippen LogP contribution in [-0.2, 0) is 28.3 Å². The van der Waals surface area contributed by atoms with Crippen molar-refractivity contribution >= 4 is 36.5 Å². The van der Waals surface area contributed by atoms with Gasteiger partial charge in [-0.15, -0.1) is 0 Å². The maximum atomic E-state index is 13.5. The summed E-state index contributed by atoms with van der Waals surface area (Å²) >= 11 is 0. The molecule has 1 aliphatic heterocycles. The van der Waals surface area contributed by atoms with Crippen LogP contribution in [0.25, 0.3) is 0 Å². The molecular formula is C46H62N2O6Si. The van der Waals surface area contributed by atoms with Gasteiger partial charge in [0.1, 0.15) is 12.1 Å². The second-order valence-electron chi connectivity index (χ2n) is 16.1. The Labute approximate surface area is 330 Å². The molecule has 0 spiro atoms. The average Bonchev–Trinajstić information content (AvgIpc) is 3.14. The number of esters is 1. The number of allylic oxidation sites excluding steroid dienone is 5. The largest absolute Gasteiger partial charge is 0.490 e. The van der Waals surface area contributed by atoms with E-state index in [0.29, 0.717) is 12.8 Å². The molecule has 296 valence electrons. The molecule has 2 aromatic carbocycles. The fourth-order valence-electron chi connectivity index (χ4n) is 6.70. The molecular weight excluding hydrogens is 705 g/mol. The minimum Gasteiger partial charge on any atom is -0.490 e. The Morgan fingerprint density at radius 2 is 1.51 bits per heavy atom. The fourth-order valence-corrected chi connectivity index (χ4v) is 11.4. The first-order valence-electron chi connectivity index (χ1n) is 19.2. The molecule has 8 nitrogen and oxygen atoms in total. The third-order valence-corrected chi connectivity index (χ3v) is 14.7. The molecule has 0 unspecified atom stereocenters. The van der Waals surface area contributed by atoms with Crippen LogP contribution in [0.1, 0.15) is 81.6 Å². The van der Waals surface area contributed by atoms with Gasteiger partial charge in [-0.25, -0.2) is 4.79 Å². The normalized spacial score (nSPS) is 17.6. The molecule has 2 aromatic rings. The Balaban J connectivity index is 1.68. The maximum absolute atomic E-state index is 13.5. The third-order valence-electron chi connectivity index (χ3n) is 9.60. The van der Waals surface area contributed by atoms with Gasteiger partial charge in [0.15, 0.2) is 5.76 Å². The SMILES string of the molecule is C/C=C\C[C@@H](C/C=C\NC(=O)[C@@H](NC(=O)\C=C/C=C\C(C)=C\[C@H](C)[C@@H]1CC=C(OC)C(=O)O1)C(C)(C)C)O[Si](c1ccccc1)(c1ccccc1)C(C)(C)C. The van der Waals surface area contributed by atoms with Gasteiger partial charge in [0.2, 0.25) is 11.8 Å². The summed E-state index contributed by atoms with van der Waals surface area (Å²) in [5, 5.41) is 8.06. The summed E-state index contributed by atoms with van der Waals surface area (Å²) in [7, 11) is -1.33. The van der Waals surface area contributed by atoms with E-state index in [1.54, 1.807) is 24.4 Å². The van der Waals surface area contributed by atoms with E-state index in [1.165, 1.54) is 23.6 Å². The summed E-state index contributed by atoms with van der Waals surface area (Å²) in [4.78, 5) is 38.5. The van der Waals surface area contributed by atoms with E-state index in [1.807, 2.05) is 78.0 Å². The molecule has 1 heterocycles. The molecule has 4 atom stereocenters. The molecule has 1 aliphatic rings. The predicted molar refractivity (Wildman–Crippen MR) is 226 cm³/mol. The maximum Gasteiger partial charge on any atom is 0.373 e. The average molecular weight is 767 g/mol. The van der Waals surface area contributed by atoms with Crippen LogP contribution >= 0.6 is 0 Å². The van der Waals surface area contributed by atoms with Crippen LogP contribution in [0.2, 0.25) is 5.04 Å². The highest BCUT2D eigenvalue weighted by molar-refractivity contribution is 6.99. The summed E-state index contributed by atoms with van der Waals surface area (Å²) in [5.41, 5.74) is 0.411. The van der Waals surface area contributed by atoms with E-state index in [-0.39, 0.29) is 40.7 Å². The predicted octanol–water partition coefficient (Wildman–Crippen LogP) is 7.99. The first-order chi connectivity index (χ1) is 26.0. The lowest BCUT2D eigenvalue weighted by Crippen LogP contribution is -2.67. The summed E-state index contributed by atoms with van der Waals surface area (Å²) in [5.74, 6) is -0.909. The van der Waals surface area contributed by atoms with Crippen LogP contribution in [0.4, 0.5) is 0 Å². The van der Waals surface area contributed by atoms with Gasteiger partial charge < -0.3 is 24.5 Å². The molecule has 0 aliphatic carbocycles. The van der Waals surface area contributed by atoms with Crippen molar-refractivity contribution in [2.45, 2.75) is 105 Å². The number of cyclic esters (lactones) is 1. The monoisotopic (exact) mass is 766 g/mol. The zero-order valence-corrected chi connectivity index (χ0v) is 35.4. The van der Waals surface area contributed by atoms with Crippen molar-refractivity contribution in [2.75, 3.05) is 7.11 Å². The van der Waals surface area contributed by atoms with Crippen molar-refractivity contribution in [1.29, 1.82) is 0 Å². The number of methoxy groups -OCH3 is 1. The van der Waals surface area contributed by atoms with E-state index in [0.717, 1.165) is 12.0 Å². The second-order valence-corrected chi connectivity index (χ2v) is 20.4. The Bertz CT molecular complexity index is 1710. The van der Waals surface area contributed by atoms with E-state index < -0.39 is 25.7 Å². The lowest BCUT2D eigenvalue weighted by molar-refractivity contribution is -0.151. The molecule has 3 rings (SSSR count). The number of carbonyl (C=O) groups excluding carboxylic acids is 3. The van der Waals surface area contributed by atoms with Gasteiger partial charge in [0.25, 0.3) is 8.32 Å². The first kappa shape index (κ1) is 44.7. The van der Waals surface area contributed by atoms with Crippen molar-refractivity contribution in [3.63, 3.8) is 0 Å². The number of rotatable bonds is 17. The highest BCUT2D eigenvalue weighted by atomic mass is 28.4. The van der Waals surface area contributed by atoms with Crippen LogP contribution in [0.15, 0.2) is 133 Å². The number of ether oxygens (including phenoxy) is 2. The van der Waals surface area contributed by atoms with Gasteiger partial charge in [0, 0.05) is 18.4 Å². The van der Waals surface area contributed by atoms with E-state index in [4.69, 9.17) is 13.9 Å². The smallest absolute Gasteiger partial charge is 0.373 e. The Kier molecular flexibility index (Phi) is 16.9. The quantitative estimate of drug-likeness (QED) is 0.0557. The third kappa shape index (κ3) is 12.9. The van der Waals surface area contributed by atoms with Crippen LogP contribution in [0, 0.1) is 11.3 Å². The van der Waals surface area contributed by atoms with Gasteiger partial charge in [-0.2, -0.15) is 0 Å². The zero-order valence-electron chi connectivity index (χ0n) is 34.4. The van der Waals surface area contributed by atoms with Gasteiger partial charge >= 0.3 is 5.97 Å². The molecule has 55 heavy (non-hydrogen) atoms. The number of hydrogen-bond acceptors (Lipinski definition) is 6. The summed E-state index contributed by atoms with van der Waals surface area (Å²) < 4.78 is 17.9. The van der Waals surface area contributed by atoms with Crippen molar-refractivity contribution in [1.82, 2.24) is 10.6 Å². The van der Waals surface area contributed by atoms with Gasteiger partial charge in [-0.3, -0.25) is 9.59 Å². The lowest BCUT2D eigenvalue weighted by Gasteiger charge is -2.45. The zero-order chi connectivity index (χ0) is 40.6. The van der Waals surface area contributed by atoms with E-state index >= 15 is 0 Å². The summed E-state index contributed by atoms with van der Waals surface area (Å²) in [6, 6.07) is 20.4. The van der Waals surface area contributed by atoms with Crippen molar-refractivity contribution in [3.05, 3.63) is 133 Å². The van der Waals surface area contributed by atoms with Gasteiger partial charge in [-0.1, -0.05) is 157 Å². The molecule has 0 saturated carbocycles. The van der Waals surface area contributed by atoms with E-state index in [9.17, 15) is 14.4 Å². The molecule has 9 heteroatoms. The van der Waals surface area contributed by atoms with Gasteiger partial charge in [0.05, 0.1) is 13.2 Å². The highest BCUT2D eigenvalue weighted by Crippen LogP contribution is 2.38. The first-order valence-corrected chi connectivity index (χ1v) is 21.1. The van der Waals surface area contributed by atoms with Crippen molar-refractivity contribution < 1.29 is 28.3 Å². The molecule has 2 N–H and O–H groups in total. The molecule has 0 saturated heterocycles. The number of benzene rings is 2. The highest BCUT2D eigenvalue weighted by Gasteiger charge is 2.51. The minimum atomic E-state index is -2.79. The topological polar surface area (TPSA) is 103 Å². The van der Waals surface area contributed by atoms with Crippen molar-refractivity contribution in [3.8, 4) is 0 Å². The Morgan fingerprint density at radius 3 is 2.04 bits per heavy atom. The number of amides is 2. The van der Waals surface area contributed by atoms with Crippen LogP contribution < -0.4 is 21.0 Å². The van der Waals surface area contributed by atoms with E-state index in [2.05, 4.69) is 86.0 Å². The molecule has 0 bridgehead atoms. The Hall–Kier alpha value is -4.73. The molecule has 2 amide bonds. The van der Waals surface area contributed by atoms with Crippen molar-refractivity contribution in [2.24, 2.45) is 11.3 Å². The lowest BCUT2D eigenvalue weighted by atomic mass is 9.86. The number of nitrogens with one attached hydrogen (secondary N) is 2. The number of hydrogen-bond donors (Lipinski definition) is 2. The van der Waals surface area contributed by atoms with Gasteiger partial charge in [-0.05, 0) is 59.8 Å². The van der Waals surface area contributed by atoms with Crippen LogP contribution in [0.5, 0.6) is 0 Å².